The minimum Gasteiger partial charge on any atom is -0.381 e. The van der Waals surface area contributed by atoms with Gasteiger partial charge in [0.05, 0.1) is 16.8 Å². The smallest absolute Gasteiger partial charge is 0.0812 e. The summed E-state index contributed by atoms with van der Waals surface area (Å²) >= 11 is 3.78. The zero-order valence-electron chi connectivity index (χ0n) is 14.3. The Labute approximate surface area is 148 Å². The molecule has 2 fully saturated rings. The molecule has 3 aliphatic rings. The Morgan fingerprint density at radius 1 is 1.17 bits per heavy atom. The van der Waals surface area contributed by atoms with Gasteiger partial charge in [0, 0.05) is 45.9 Å². The lowest BCUT2D eigenvalue weighted by atomic mass is 9.99. The zero-order chi connectivity index (χ0) is 16.2. The zero-order valence-corrected chi connectivity index (χ0v) is 15.9. The molecule has 0 bridgehead atoms. The number of hydrogen-bond donors (Lipinski definition) is 0. The molecule has 3 aliphatic heterocycles. The molecule has 0 amide bonds. The second-order valence-corrected chi connectivity index (χ2v) is 7.97. The molecule has 4 nitrogen and oxygen atoms in total. The van der Waals surface area contributed by atoms with Crippen molar-refractivity contribution < 1.29 is 9.47 Å². The van der Waals surface area contributed by atoms with E-state index in [1.807, 2.05) is 0 Å². The van der Waals surface area contributed by atoms with Crippen molar-refractivity contribution in [1.82, 2.24) is 9.80 Å². The van der Waals surface area contributed by atoms with Gasteiger partial charge in [-0.1, -0.05) is 6.08 Å². The lowest BCUT2D eigenvalue weighted by molar-refractivity contribution is -0.0651. The molecular formula is C18H29BrN2O2. The van der Waals surface area contributed by atoms with Gasteiger partial charge >= 0.3 is 0 Å². The van der Waals surface area contributed by atoms with Crippen molar-refractivity contribution in [3.05, 3.63) is 22.3 Å². The second-order valence-electron chi connectivity index (χ2n) is 7.16. The van der Waals surface area contributed by atoms with Crippen molar-refractivity contribution in [2.45, 2.75) is 38.9 Å². The van der Waals surface area contributed by atoms with Gasteiger partial charge in [0.1, 0.15) is 0 Å². The van der Waals surface area contributed by atoms with Gasteiger partial charge in [0.25, 0.3) is 0 Å². The second kappa shape index (κ2) is 8.15. The van der Waals surface area contributed by atoms with Crippen LogP contribution in [0.1, 0.15) is 26.7 Å². The molecule has 130 valence electrons. The summed E-state index contributed by atoms with van der Waals surface area (Å²) in [5.41, 5.74) is 1.42. The first-order valence-corrected chi connectivity index (χ1v) is 9.66. The highest BCUT2D eigenvalue weighted by Crippen LogP contribution is 2.25. The van der Waals surface area contributed by atoms with Gasteiger partial charge in [0.2, 0.25) is 0 Å². The number of rotatable bonds is 4. The van der Waals surface area contributed by atoms with Crippen LogP contribution in [0.3, 0.4) is 0 Å². The lowest BCUT2D eigenvalue weighted by Gasteiger charge is -2.37. The quantitative estimate of drug-likeness (QED) is 0.695. The van der Waals surface area contributed by atoms with E-state index in [9.17, 15) is 0 Å². The van der Waals surface area contributed by atoms with E-state index in [1.54, 1.807) is 0 Å². The molecule has 0 radical (unpaired) electrons. The van der Waals surface area contributed by atoms with Gasteiger partial charge < -0.3 is 14.4 Å². The number of halogens is 1. The standard InChI is InChI=1S/C18H29BrN2O2/c1-14-10-20(11-15(2)23-14)12-17-3-6-21(18(19)9-17)13-16-4-7-22-8-5-16/h3,9,14-16H,4-8,10-13H2,1-2H3/t14-,15+. The summed E-state index contributed by atoms with van der Waals surface area (Å²) < 4.78 is 12.5. The first kappa shape index (κ1) is 17.5. The molecule has 0 saturated carbocycles. The summed E-state index contributed by atoms with van der Waals surface area (Å²) in [7, 11) is 0. The largest absolute Gasteiger partial charge is 0.381 e. The number of morpholine rings is 1. The molecule has 0 N–H and O–H groups in total. The Balaban J connectivity index is 1.51. The molecule has 3 rings (SSSR count). The molecule has 23 heavy (non-hydrogen) atoms. The van der Waals surface area contributed by atoms with Crippen LogP contribution in [0.4, 0.5) is 0 Å². The number of ether oxygens (including phenoxy) is 2. The van der Waals surface area contributed by atoms with E-state index in [2.05, 4.69) is 51.7 Å². The first-order chi connectivity index (χ1) is 11.1. The van der Waals surface area contributed by atoms with E-state index in [0.29, 0.717) is 12.2 Å². The molecule has 0 aromatic heterocycles. The van der Waals surface area contributed by atoms with Crippen LogP contribution in [0.5, 0.6) is 0 Å². The van der Waals surface area contributed by atoms with Crippen molar-refractivity contribution in [1.29, 1.82) is 0 Å². The summed E-state index contributed by atoms with van der Waals surface area (Å²) in [6.07, 6.45) is 7.73. The molecule has 2 saturated heterocycles. The van der Waals surface area contributed by atoms with E-state index in [1.165, 1.54) is 23.0 Å². The molecule has 5 heteroatoms. The molecule has 0 aromatic rings. The lowest BCUT2D eigenvalue weighted by Crippen LogP contribution is -2.46. The normalized spacial score (nSPS) is 31.0. The highest BCUT2D eigenvalue weighted by molar-refractivity contribution is 9.11. The predicted octanol–water partition coefficient (Wildman–Crippen LogP) is 3.00. The fourth-order valence-corrected chi connectivity index (χ4v) is 4.39. The maximum atomic E-state index is 5.82. The van der Waals surface area contributed by atoms with E-state index >= 15 is 0 Å². The van der Waals surface area contributed by atoms with Gasteiger partial charge in [0.15, 0.2) is 0 Å². The molecule has 3 heterocycles. The van der Waals surface area contributed by atoms with Crippen LogP contribution in [0.25, 0.3) is 0 Å². The highest BCUT2D eigenvalue weighted by Gasteiger charge is 2.24. The molecule has 0 unspecified atom stereocenters. The van der Waals surface area contributed by atoms with E-state index in [0.717, 1.165) is 51.9 Å². The minimum atomic E-state index is 0.334. The maximum absolute atomic E-state index is 5.82. The van der Waals surface area contributed by atoms with Gasteiger partial charge in [-0.05, 0) is 60.2 Å². The van der Waals surface area contributed by atoms with Gasteiger partial charge in [-0.3, -0.25) is 4.90 Å². The molecule has 0 aromatic carbocycles. The van der Waals surface area contributed by atoms with Crippen LogP contribution in [0.15, 0.2) is 22.3 Å². The summed E-state index contributed by atoms with van der Waals surface area (Å²) in [4.78, 5) is 4.96. The number of hydrogen-bond acceptors (Lipinski definition) is 4. The average molecular weight is 385 g/mol. The van der Waals surface area contributed by atoms with Crippen LogP contribution in [-0.4, -0.2) is 67.9 Å². The highest BCUT2D eigenvalue weighted by atomic mass is 79.9. The monoisotopic (exact) mass is 384 g/mol. The Morgan fingerprint density at radius 2 is 1.87 bits per heavy atom. The fraction of sp³-hybridized carbons (Fsp3) is 0.778. The van der Waals surface area contributed by atoms with Crippen molar-refractivity contribution in [3.8, 4) is 0 Å². The molecule has 0 spiro atoms. The minimum absolute atomic E-state index is 0.334. The third-order valence-corrected chi connectivity index (χ3v) is 5.63. The Bertz CT molecular complexity index is 450. The molecular weight excluding hydrogens is 356 g/mol. The van der Waals surface area contributed by atoms with Crippen molar-refractivity contribution >= 4 is 15.9 Å². The van der Waals surface area contributed by atoms with Gasteiger partial charge in [-0.15, -0.1) is 0 Å². The fourth-order valence-electron chi connectivity index (χ4n) is 3.80. The van der Waals surface area contributed by atoms with Gasteiger partial charge in [-0.25, -0.2) is 0 Å². The van der Waals surface area contributed by atoms with Crippen LogP contribution in [0, 0.1) is 5.92 Å². The summed E-state index contributed by atoms with van der Waals surface area (Å²) in [5.74, 6) is 0.764. The summed E-state index contributed by atoms with van der Waals surface area (Å²) in [6, 6.07) is 0. The van der Waals surface area contributed by atoms with E-state index < -0.39 is 0 Å². The van der Waals surface area contributed by atoms with Crippen molar-refractivity contribution in [2.75, 3.05) is 45.9 Å². The SMILES string of the molecule is C[C@@H]1CN(CC2=CCN(CC3CCOCC3)C(Br)=C2)C[C@H](C)O1. The molecule has 0 aliphatic carbocycles. The van der Waals surface area contributed by atoms with Crippen LogP contribution >= 0.6 is 15.9 Å². The van der Waals surface area contributed by atoms with Crippen LogP contribution < -0.4 is 0 Å². The third-order valence-electron chi connectivity index (χ3n) is 4.90. The van der Waals surface area contributed by atoms with E-state index in [-0.39, 0.29) is 0 Å². The number of nitrogens with zero attached hydrogens (tertiary/aromatic N) is 2. The Morgan fingerprint density at radius 3 is 2.52 bits per heavy atom. The van der Waals surface area contributed by atoms with Crippen LogP contribution in [-0.2, 0) is 9.47 Å². The first-order valence-electron chi connectivity index (χ1n) is 8.87. The third kappa shape index (κ3) is 5.05. The van der Waals surface area contributed by atoms with E-state index in [4.69, 9.17) is 9.47 Å². The topological polar surface area (TPSA) is 24.9 Å². The van der Waals surface area contributed by atoms with Crippen LogP contribution in [0.2, 0.25) is 0 Å². The predicted molar refractivity (Wildman–Crippen MR) is 96.7 cm³/mol. The van der Waals surface area contributed by atoms with Crippen molar-refractivity contribution in [2.24, 2.45) is 5.92 Å². The summed E-state index contributed by atoms with van der Waals surface area (Å²) in [6.45, 7) is 11.4. The Hall–Kier alpha value is -0.360. The summed E-state index contributed by atoms with van der Waals surface area (Å²) in [5, 5.41) is 0. The maximum Gasteiger partial charge on any atom is 0.0812 e. The average Bonchev–Trinajstić information content (AvgIpc) is 2.50. The molecule has 2 atom stereocenters. The van der Waals surface area contributed by atoms with Crippen molar-refractivity contribution in [3.63, 3.8) is 0 Å². The van der Waals surface area contributed by atoms with Gasteiger partial charge in [-0.2, -0.15) is 0 Å². The Kier molecular flexibility index (Phi) is 6.19.